The number of hydrogen-bond acceptors (Lipinski definition) is 4. The summed E-state index contributed by atoms with van der Waals surface area (Å²) in [7, 11) is 0. The van der Waals surface area contributed by atoms with E-state index < -0.39 is 0 Å². The fourth-order valence-corrected chi connectivity index (χ4v) is 2.08. The molecule has 3 rings (SSSR count). The highest BCUT2D eigenvalue weighted by Gasteiger charge is 2.30. The topological polar surface area (TPSA) is 61.3 Å². The average molecular weight is 218 g/mol. The lowest BCUT2D eigenvalue weighted by Gasteiger charge is -2.34. The summed E-state index contributed by atoms with van der Waals surface area (Å²) in [4.78, 5) is 4.24. The number of aromatic nitrogens is 1. The highest BCUT2D eigenvalue weighted by molar-refractivity contribution is 5.81. The molecule has 2 heterocycles. The third-order valence-electron chi connectivity index (χ3n) is 3.15. The van der Waals surface area contributed by atoms with Crippen LogP contribution in [-0.2, 0) is 0 Å². The van der Waals surface area contributed by atoms with Crippen molar-refractivity contribution in [2.75, 3.05) is 6.54 Å². The number of hydrogen-bond donors (Lipinski definition) is 1. The number of pyridine rings is 1. The molecule has 1 aliphatic carbocycles. The first-order chi connectivity index (χ1) is 7.86. The number of fused-ring (bicyclic) bond motifs is 1. The van der Waals surface area contributed by atoms with Crippen LogP contribution in [0.2, 0.25) is 0 Å². The van der Waals surface area contributed by atoms with Gasteiger partial charge in [-0.25, -0.2) is 4.98 Å². The minimum atomic E-state index is 0.265. The van der Waals surface area contributed by atoms with E-state index in [1.54, 1.807) is 12.5 Å². The Balaban J connectivity index is 1.77. The normalized spacial score (nSPS) is 24.3. The van der Waals surface area contributed by atoms with E-state index in [0.717, 1.165) is 30.4 Å². The summed E-state index contributed by atoms with van der Waals surface area (Å²) < 4.78 is 11.1. The molecule has 0 aliphatic heterocycles. The maximum absolute atomic E-state index is 5.83. The SMILES string of the molecule is NCC1CC(Oc2nccc3occc23)C1. The van der Waals surface area contributed by atoms with Gasteiger partial charge < -0.3 is 14.9 Å². The number of ether oxygens (including phenoxy) is 1. The maximum atomic E-state index is 5.83. The molecule has 4 nitrogen and oxygen atoms in total. The highest BCUT2D eigenvalue weighted by Crippen LogP contribution is 2.32. The molecule has 0 bridgehead atoms. The van der Waals surface area contributed by atoms with Gasteiger partial charge in [0.15, 0.2) is 0 Å². The van der Waals surface area contributed by atoms with Crippen molar-refractivity contribution in [1.82, 2.24) is 4.98 Å². The lowest BCUT2D eigenvalue weighted by atomic mass is 9.82. The zero-order valence-corrected chi connectivity index (χ0v) is 8.93. The summed E-state index contributed by atoms with van der Waals surface area (Å²) in [5, 5.41) is 0.943. The van der Waals surface area contributed by atoms with Crippen LogP contribution in [0, 0.1) is 5.92 Å². The molecule has 1 aliphatic rings. The second kappa shape index (κ2) is 3.79. The molecule has 2 aromatic rings. The highest BCUT2D eigenvalue weighted by atomic mass is 16.5. The molecule has 4 heteroatoms. The molecule has 0 amide bonds. The molecule has 84 valence electrons. The Bertz CT molecular complexity index is 488. The molecule has 1 saturated carbocycles. The molecular weight excluding hydrogens is 204 g/mol. The molecule has 0 spiro atoms. The van der Waals surface area contributed by atoms with Crippen LogP contribution in [0.3, 0.4) is 0 Å². The van der Waals surface area contributed by atoms with E-state index in [9.17, 15) is 0 Å². The fraction of sp³-hybridized carbons (Fsp3) is 0.417. The number of rotatable bonds is 3. The van der Waals surface area contributed by atoms with Crippen LogP contribution in [0.4, 0.5) is 0 Å². The van der Waals surface area contributed by atoms with E-state index in [2.05, 4.69) is 4.98 Å². The van der Waals surface area contributed by atoms with Crippen LogP contribution in [-0.4, -0.2) is 17.6 Å². The molecule has 16 heavy (non-hydrogen) atoms. The zero-order chi connectivity index (χ0) is 11.0. The largest absolute Gasteiger partial charge is 0.474 e. The lowest BCUT2D eigenvalue weighted by molar-refractivity contribution is 0.0664. The van der Waals surface area contributed by atoms with Crippen molar-refractivity contribution in [1.29, 1.82) is 0 Å². The third kappa shape index (κ3) is 1.55. The molecule has 2 aromatic heterocycles. The number of nitrogens with zero attached hydrogens (tertiary/aromatic N) is 1. The van der Waals surface area contributed by atoms with Crippen molar-refractivity contribution in [3.63, 3.8) is 0 Å². The van der Waals surface area contributed by atoms with E-state index in [1.165, 1.54) is 0 Å². The molecular formula is C12H14N2O2. The first kappa shape index (κ1) is 9.66. The molecule has 0 saturated heterocycles. The summed E-state index contributed by atoms with van der Waals surface area (Å²) in [5.74, 6) is 1.29. The summed E-state index contributed by atoms with van der Waals surface area (Å²) >= 11 is 0. The van der Waals surface area contributed by atoms with Crippen molar-refractivity contribution < 1.29 is 9.15 Å². The van der Waals surface area contributed by atoms with Gasteiger partial charge in [0, 0.05) is 6.20 Å². The van der Waals surface area contributed by atoms with Gasteiger partial charge in [0.05, 0.1) is 11.6 Å². The average Bonchev–Trinajstić information content (AvgIpc) is 2.71. The Kier molecular flexibility index (Phi) is 2.29. The van der Waals surface area contributed by atoms with Gasteiger partial charge in [0.25, 0.3) is 0 Å². The lowest BCUT2D eigenvalue weighted by Crippen LogP contribution is -2.37. The van der Waals surface area contributed by atoms with Crippen molar-refractivity contribution in [2.45, 2.75) is 18.9 Å². The molecule has 0 aromatic carbocycles. The third-order valence-corrected chi connectivity index (χ3v) is 3.15. The smallest absolute Gasteiger partial charge is 0.224 e. The van der Waals surface area contributed by atoms with Crippen LogP contribution in [0.15, 0.2) is 29.0 Å². The standard InChI is InChI=1S/C12H14N2O2/c13-7-8-5-9(6-8)16-12-10-2-4-15-11(10)1-3-14-12/h1-4,8-9H,5-7,13H2. The molecule has 0 unspecified atom stereocenters. The van der Waals surface area contributed by atoms with Crippen LogP contribution >= 0.6 is 0 Å². The molecule has 2 N–H and O–H groups in total. The van der Waals surface area contributed by atoms with Crippen molar-refractivity contribution in [3.8, 4) is 5.88 Å². The summed E-state index contributed by atoms with van der Waals surface area (Å²) in [6.45, 7) is 0.753. The quantitative estimate of drug-likeness (QED) is 0.855. The Hall–Kier alpha value is -1.55. The van der Waals surface area contributed by atoms with Crippen molar-refractivity contribution in [3.05, 3.63) is 24.6 Å². The van der Waals surface area contributed by atoms with Crippen LogP contribution in [0.25, 0.3) is 11.0 Å². The van der Waals surface area contributed by atoms with Gasteiger partial charge in [-0.2, -0.15) is 0 Å². The summed E-state index contributed by atoms with van der Waals surface area (Å²) in [6, 6.07) is 3.72. The fourth-order valence-electron chi connectivity index (χ4n) is 2.08. The second-order valence-electron chi connectivity index (χ2n) is 4.26. The second-order valence-corrected chi connectivity index (χ2v) is 4.26. The minimum absolute atomic E-state index is 0.265. The van der Waals surface area contributed by atoms with Gasteiger partial charge in [0.2, 0.25) is 5.88 Å². The van der Waals surface area contributed by atoms with Gasteiger partial charge in [0.1, 0.15) is 11.7 Å². The van der Waals surface area contributed by atoms with Crippen LogP contribution in [0.5, 0.6) is 5.88 Å². The molecule has 0 atom stereocenters. The van der Waals surface area contributed by atoms with Gasteiger partial charge in [-0.05, 0) is 37.4 Å². The Morgan fingerprint density at radius 3 is 3.12 bits per heavy atom. The van der Waals surface area contributed by atoms with Gasteiger partial charge in [-0.15, -0.1) is 0 Å². The van der Waals surface area contributed by atoms with E-state index in [4.69, 9.17) is 14.9 Å². The predicted molar refractivity (Wildman–Crippen MR) is 60.2 cm³/mol. The van der Waals surface area contributed by atoms with Crippen LogP contribution in [0.1, 0.15) is 12.8 Å². The van der Waals surface area contributed by atoms with E-state index in [-0.39, 0.29) is 6.10 Å². The summed E-state index contributed by atoms with van der Waals surface area (Å²) in [5.41, 5.74) is 6.40. The van der Waals surface area contributed by atoms with E-state index >= 15 is 0 Å². The molecule has 1 fully saturated rings. The van der Waals surface area contributed by atoms with E-state index in [0.29, 0.717) is 11.8 Å². The van der Waals surface area contributed by atoms with Crippen molar-refractivity contribution >= 4 is 11.0 Å². The number of furan rings is 1. The van der Waals surface area contributed by atoms with Gasteiger partial charge in [-0.1, -0.05) is 0 Å². The first-order valence-corrected chi connectivity index (χ1v) is 5.55. The molecule has 0 radical (unpaired) electrons. The van der Waals surface area contributed by atoms with Crippen LogP contribution < -0.4 is 10.5 Å². The van der Waals surface area contributed by atoms with Gasteiger partial charge in [-0.3, -0.25) is 0 Å². The minimum Gasteiger partial charge on any atom is -0.474 e. The Labute approximate surface area is 93.4 Å². The Morgan fingerprint density at radius 1 is 1.44 bits per heavy atom. The van der Waals surface area contributed by atoms with Crippen molar-refractivity contribution in [2.24, 2.45) is 11.7 Å². The van der Waals surface area contributed by atoms with Gasteiger partial charge >= 0.3 is 0 Å². The summed E-state index contributed by atoms with van der Waals surface area (Å²) in [6.07, 6.45) is 5.70. The predicted octanol–water partition coefficient (Wildman–Crippen LogP) is 1.94. The Morgan fingerprint density at radius 2 is 2.31 bits per heavy atom. The first-order valence-electron chi connectivity index (χ1n) is 5.55. The zero-order valence-electron chi connectivity index (χ0n) is 8.93. The maximum Gasteiger partial charge on any atom is 0.224 e. The number of nitrogens with two attached hydrogens (primary N) is 1. The van der Waals surface area contributed by atoms with E-state index in [1.807, 2.05) is 12.1 Å². The monoisotopic (exact) mass is 218 g/mol.